The van der Waals surface area contributed by atoms with Crippen LogP contribution < -0.4 is 19.7 Å². The fourth-order valence-electron chi connectivity index (χ4n) is 3.27. The van der Waals surface area contributed by atoms with E-state index in [-0.39, 0.29) is 31.6 Å². The first kappa shape index (κ1) is 20.4. The topological polar surface area (TPSA) is 88.1 Å². The van der Waals surface area contributed by atoms with Crippen molar-refractivity contribution in [2.75, 3.05) is 30.0 Å². The summed E-state index contributed by atoms with van der Waals surface area (Å²) in [6, 6.07) is 21.9. The lowest BCUT2D eigenvalue weighted by Crippen LogP contribution is -2.40. The Morgan fingerprint density at radius 3 is 2.58 bits per heavy atom. The van der Waals surface area contributed by atoms with Gasteiger partial charge in [-0.15, -0.1) is 0 Å². The van der Waals surface area contributed by atoms with Crippen LogP contribution in [0, 0.1) is 0 Å². The van der Waals surface area contributed by atoms with Crippen molar-refractivity contribution in [3.8, 4) is 11.5 Å². The molecule has 2 amide bonds. The number of β-amino-alcohol motifs (C(OH)–C–C–N with tert-alkyl or cyclic N) is 1. The van der Waals surface area contributed by atoms with Gasteiger partial charge >= 0.3 is 0 Å². The summed E-state index contributed by atoms with van der Waals surface area (Å²) in [5.41, 5.74) is 2.66. The third-order valence-corrected chi connectivity index (χ3v) is 4.85. The van der Waals surface area contributed by atoms with Gasteiger partial charge in [0.05, 0.1) is 12.3 Å². The quantitative estimate of drug-likeness (QED) is 0.615. The Labute approximate surface area is 179 Å². The zero-order valence-electron chi connectivity index (χ0n) is 16.8. The lowest BCUT2D eigenvalue weighted by Gasteiger charge is -2.29. The second-order valence-electron chi connectivity index (χ2n) is 6.99. The molecule has 0 radical (unpaired) electrons. The van der Waals surface area contributed by atoms with Crippen molar-refractivity contribution < 1.29 is 24.2 Å². The van der Waals surface area contributed by atoms with Gasteiger partial charge in [0.2, 0.25) is 0 Å². The Balaban J connectivity index is 1.39. The number of nitrogens with zero attached hydrogens (tertiary/aromatic N) is 1. The van der Waals surface area contributed by atoms with Crippen LogP contribution in [-0.4, -0.2) is 36.7 Å². The molecule has 4 rings (SSSR count). The molecule has 158 valence electrons. The molecule has 3 aromatic carbocycles. The maximum atomic E-state index is 12.6. The number of hydrogen-bond donors (Lipinski definition) is 2. The minimum atomic E-state index is -0.296. The van der Waals surface area contributed by atoms with Crippen molar-refractivity contribution in [1.82, 2.24) is 0 Å². The summed E-state index contributed by atoms with van der Waals surface area (Å²) in [5.74, 6) is 0.617. The second kappa shape index (κ2) is 9.32. The predicted molar refractivity (Wildman–Crippen MR) is 117 cm³/mol. The lowest BCUT2D eigenvalue weighted by atomic mass is 10.1. The minimum Gasteiger partial charge on any atom is -0.489 e. The summed E-state index contributed by atoms with van der Waals surface area (Å²) in [7, 11) is 0. The molecule has 0 aliphatic carbocycles. The van der Waals surface area contributed by atoms with E-state index in [4.69, 9.17) is 9.47 Å². The van der Waals surface area contributed by atoms with Crippen molar-refractivity contribution in [3.05, 3.63) is 83.9 Å². The van der Waals surface area contributed by atoms with E-state index >= 15 is 0 Å². The maximum Gasteiger partial charge on any atom is 0.265 e. The normalized spacial score (nSPS) is 12.7. The third kappa shape index (κ3) is 4.84. The first-order chi connectivity index (χ1) is 15.1. The number of fused-ring (bicyclic) bond motifs is 1. The number of hydrogen-bond acceptors (Lipinski definition) is 5. The molecule has 0 saturated heterocycles. The number of carbonyl (C=O) groups excluding carboxylic acids is 2. The molecule has 31 heavy (non-hydrogen) atoms. The van der Waals surface area contributed by atoms with Gasteiger partial charge in [-0.2, -0.15) is 0 Å². The maximum absolute atomic E-state index is 12.6. The molecule has 3 aromatic rings. The van der Waals surface area contributed by atoms with Gasteiger partial charge in [0.15, 0.2) is 6.61 Å². The van der Waals surface area contributed by atoms with Crippen LogP contribution in [0.25, 0.3) is 0 Å². The largest absolute Gasteiger partial charge is 0.489 e. The summed E-state index contributed by atoms with van der Waals surface area (Å²) in [6.07, 6.45) is 0. The van der Waals surface area contributed by atoms with E-state index in [1.165, 1.54) is 4.90 Å². The van der Waals surface area contributed by atoms with Crippen LogP contribution in [0.1, 0.15) is 15.9 Å². The number of aliphatic hydroxyl groups is 1. The molecule has 1 aliphatic rings. The second-order valence-corrected chi connectivity index (χ2v) is 6.99. The van der Waals surface area contributed by atoms with Crippen LogP contribution >= 0.6 is 0 Å². The highest BCUT2D eigenvalue weighted by Crippen LogP contribution is 2.33. The highest BCUT2D eigenvalue weighted by Gasteiger charge is 2.25. The van der Waals surface area contributed by atoms with Crippen molar-refractivity contribution in [2.24, 2.45) is 0 Å². The molecule has 0 fully saturated rings. The highest BCUT2D eigenvalue weighted by atomic mass is 16.5. The van der Waals surface area contributed by atoms with Crippen molar-refractivity contribution in [3.63, 3.8) is 0 Å². The highest BCUT2D eigenvalue weighted by molar-refractivity contribution is 6.06. The molecule has 7 nitrogen and oxygen atoms in total. The van der Waals surface area contributed by atoms with Crippen LogP contribution in [-0.2, 0) is 11.4 Å². The Morgan fingerprint density at radius 1 is 1.06 bits per heavy atom. The Morgan fingerprint density at radius 2 is 1.84 bits per heavy atom. The number of carbonyl (C=O) groups is 2. The summed E-state index contributed by atoms with van der Waals surface area (Å²) in [5, 5.41) is 12.0. The van der Waals surface area contributed by atoms with Crippen LogP contribution in [0.4, 0.5) is 11.4 Å². The first-order valence-corrected chi connectivity index (χ1v) is 9.90. The van der Waals surface area contributed by atoms with Crippen molar-refractivity contribution in [2.45, 2.75) is 6.61 Å². The summed E-state index contributed by atoms with van der Waals surface area (Å²) < 4.78 is 11.2. The predicted octanol–water partition coefficient (Wildman–Crippen LogP) is 3.24. The number of amides is 2. The molecule has 0 saturated carbocycles. The number of aliphatic hydroxyl groups excluding tert-OH is 1. The minimum absolute atomic E-state index is 0.123. The molecule has 1 aliphatic heterocycles. The van der Waals surface area contributed by atoms with Gasteiger partial charge < -0.3 is 24.8 Å². The zero-order chi connectivity index (χ0) is 21.6. The molecule has 2 N–H and O–H groups in total. The van der Waals surface area contributed by atoms with Crippen LogP contribution in [0.2, 0.25) is 0 Å². The Bertz CT molecular complexity index is 1070. The fourth-order valence-corrected chi connectivity index (χ4v) is 3.27. The van der Waals surface area contributed by atoms with E-state index < -0.39 is 0 Å². The lowest BCUT2D eigenvalue weighted by molar-refractivity contribution is -0.121. The average molecular weight is 418 g/mol. The van der Waals surface area contributed by atoms with E-state index in [9.17, 15) is 14.7 Å². The fraction of sp³-hybridized carbons (Fsp3) is 0.167. The number of rotatable bonds is 7. The van der Waals surface area contributed by atoms with E-state index in [0.717, 1.165) is 5.56 Å². The van der Waals surface area contributed by atoms with Crippen LogP contribution in [0.3, 0.4) is 0 Å². The van der Waals surface area contributed by atoms with Crippen LogP contribution in [0.5, 0.6) is 11.5 Å². The first-order valence-electron chi connectivity index (χ1n) is 9.90. The average Bonchev–Trinajstić information content (AvgIpc) is 2.81. The van der Waals surface area contributed by atoms with E-state index in [1.54, 1.807) is 42.5 Å². The molecule has 0 unspecified atom stereocenters. The molecular weight excluding hydrogens is 396 g/mol. The van der Waals surface area contributed by atoms with E-state index in [0.29, 0.717) is 35.0 Å². The van der Waals surface area contributed by atoms with Gasteiger partial charge in [-0.3, -0.25) is 9.59 Å². The Kier molecular flexibility index (Phi) is 6.14. The summed E-state index contributed by atoms with van der Waals surface area (Å²) in [6.45, 7) is 0.373. The molecule has 0 atom stereocenters. The van der Waals surface area contributed by atoms with Gasteiger partial charge in [0.25, 0.3) is 11.8 Å². The van der Waals surface area contributed by atoms with Gasteiger partial charge in [-0.05, 0) is 48.0 Å². The van der Waals surface area contributed by atoms with E-state index in [1.807, 2.05) is 30.3 Å². The number of benzene rings is 3. The zero-order valence-corrected chi connectivity index (χ0v) is 16.8. The van der Waals surface area contributed by atoms with Crippen LogP contribution in [0.15, 0.2) is 72.8 Å². The number of ether oxygens (including phenoxy) is 2. The van der Waals surface area contributed by atoms with Gasteiger partial charge in [0.1, 0.15) is 18.1 Å². The summed E-state index contributed by atoms with van der Waals surface area (Å²) >= 11 is 0. The molecule has 0 spiro atoms. The van der Waals surface area contributed by atoms with Gasteiger partial charge in [-0.25, -0.2) is 0 Å². The molecular formula is C24H22N2O5. The monoisotopic (exact) mass is 418 g/mol. The van der Waals surface area contributed by atoms with E-state index in [2.05, 4.69) is 5.32 Å². The molecule has 0 bridgehead atoms. The number of anilines is 2. The smallest absolute Gasteiger partial charge is 0.265 e. The SMILES string of the molecule is O=C(Nc1ccc(OCc2ccccc2)cc1)c1ccc2c(c1)OCC(=O)N2CCO. The molecule has 0 aromatic heterocycles. The summed E-state index contributed by atoms with van der Waals surface area (Å²) in [4.78, 5) is 26.1. The van der Waals surface area contributed by atoms with Crippen molar-refractivity contribution in [1.29, 1.82) is 0 Å². The van der Waals surface area contributed by atoms with Gasteiger partial charge in [-0.1, -0.05) is 30.3 Å². The van der Waals surface area contributed by atoms with Crippen molar-refractivity contribution >= 4 is 23.2 Å². The third-order valence-electron chi connectivity index (χ3n) is 4.85. The molecule has 7 heteroatoms. The Hall–Kier alpha value is -3.84. The van der Waals surface area contributed by atoms with Gasteiger partial charge in [0, 0.05) is 17.8 Å². The standard InChI is InChI=1S/C24H22N2O5/c27-13-12-26-21-11-6-18(14-22(21)31-16-23(26)28)24(29)25-19-7-9-20(10-8-19)30-15-17-4-2-1-3-5-17/h1-11,14,27H,12-13,15-16H2,(H,25,29). The molecule has 1 heterocycles. The number of nitrogens with one attached hydrogen (secondary N) is 1.